The summed E-state index contributed by atoms with van der Waals surface area (Å²) >= 11 is 11.9. The maximum Gasteiger partial charge on any atom is 0.360 e. The van der Waals surface area contributed by atoms with Crippen molar-refractivity contribution in [3.63, 3.8) is 0 Å². The van der Waals surface area contributed by atoms with Crippen molar-refractivity contribution in [1.29, 1.82) is 0 Å². The molecule has 18 heavy (non-hydrogen) atoms. The highest BCUT2D eigenvalue weighted by molar-refractivity contribution is 6.35. The van der Waals surface area contributed by atoms with E-state index in [1.807, 2.05) is 0 Å². The van der Waals surface area contributed by atoms with Crippen molar-refractivity contribution in [3.05, 3.63) is 39.7 Å². The van der Waals surface area contributed by atoms with Gasteiger partial charge in [-0.05, 0) is 25.1 Å². The van der Waals surface area contributed by atoms with Crippen molar-refractivity contribution in [2.75, 3.05) is 7.11 Å². The molecular formula is C12H9Cl2NO3. The first-order chi connectivity index (χ1) is 8.52. The third-order valence-corrected chi connectivity index (χ3v) is 2.90. The van der Waals surface area contributed by atoms with Crippen LogP contribution >= 0.6 is 23.2 Å². The fraction of sp³-hybridized carbons (Fsp3) is 0.167. The van der Waals surface area contributed by atoms with Crippen molar-refractivity contribution < 1.29 is 13.9 Å². The molecule has 0 spiro atoms. The summed E-state index contributed by atoms with van der Waals surface area (Å²) in [6.07, 6.45) is 0. The van der Waals surface area contributed by atoms with Crippen LogP contribution in [0.25, 0.3) is 11.5 Å². The Morgan fingerprint density at radius 2 is 2.11 bits per heavy atom. The van der Waals surface area contributed by atoms with Crippen LogP contribution in [0.3, 0.4) is 0 Å². The summed E-state index contributed by atoms with van der Waals surface area (Å²) in [5.41, 5.74) is 0.658. The van der Waals surface area contributed by atoms with E-state index in [0.717, 1.165) is 0 Å². The van der Waals surface area contributed by atoms with Gasteiger partial charge in [0.2, 0.25) is 5.89 Å². The number of aromatic nitrogens is 1. The zero-order valence-corrected chi connectivity index (χ0v) is 11.2. The molecule has 0 saturated heterocycles. The van der Waals surface area contributed by atoms with Crippen molar-refractivity contribution in [1.82, 2.24) is 4.98 Å². The summed E-state index contributed by atoms with van der Waals surface area (Å²) in [7, 11) is 1.28. The van der Waals surface area contributed by atoms with Gasteiger partial charge in [0.05, 0.1) is 17.7 Å². The maximum atomic E-state index is 11.4. The molecule has 0 amide bonds. The third-order valence-electron chi connectivity index (χ3n) is 2.33. The van der Waals surface area contributed by atoms with Gasteiger partial charge in [-0.3, -0.25) is 0 Å². The van der Waals surface area contributed by atoms with E-state index < -0.39 is 5.97 Å². The van der Waals surface area contributed by atoms with Crippen LogP contribution in [-0.4, -0.2) is 18.1 Å². The lowest BCUT2D eigenvalue weighted by Crippen LogP contribution is -2.03. The summed E-state index contributed by atoms with van der Waals surface area (Å²) in [5, 5.41) is 0.946. The molecule has 94 valence electrons. The molecule has 6 heteroatoms. The summed E-state index contributed by atoms with van der Waals surface area (Å²) in [4.78, 5) is 15.5. The van der Waals surface area contributed by atoms with Crippen molar-refractivity contribution in [2.45, 2.75) is 6.92 Å². The molecule has 2 aromatic rings. The SMILES string of the molecule is COC(=O)c1nc(-c2cc(Cl)ccc2Cl)oc1C. The topological polar surface area (TPSA) is 52.3 Å². The minimum absolute atomic E-state index is 0.128. The fourth-order valence-corrected chi connectivity index (χ4v) is 1.83. The van der Waals surface area contributed by atoms with Gasteiger partial charge in [-0.25, -0.2) is 9.78 Å². The van der Waals surface area contributed by atoms with E-state index in [0.29, 0.717) is 21.4 Å². The van der Waals surface area contributed by atoms with Crippen molar-refractivity contribution in [2.24, 2.45) is 0 Å². The molecule has 0 aliphatic rings. The number of ether oxygens (including phenoxy) is 1. The first-order valence-electron chi connectivity index (χ1n) is 5.04. The Kier molecular flexibility index (Phi) is 3.59. The second kappa shape index (κ2) is 5.00. The van der Waals surface area contributed by atoms with Crippen LogP contribution < -0.4 is 0 Å². The van der Waals surface area contributed by atoms with Gasteiger partial charge in [0.1, 0.15) is 5.76 Å². The molecule has 1 aromatic carbocycles. The third kappa shape index (κ3) is 2.35. The Hall–Kier alpha value is -1.52. The van der Waals surface area contributed by atoms with Crippen LogP contribution in [0.1, 0.15) is 16.2 Å². The van der Waals surface area contributed by atoms with E-state index >= 15 is 0 Å². The zero-order valence-electron chi connectivity index (χ0n) is 9.66. The quantitative estimate of drug-likeness (QED) is 0.789. The molecule has 4 nitrogen and oxygen atoms in total. The normalized spacial score (nSPS) is 10.4. The van der Waals surface area contributed by atoms with Crippen LogP contribution in [-0.2, 0) is 4.74 Å². The number of carbonyl (C=O) groups excluding carboxylic acids is 1. The molecule has 0 radical (unpaired) electrons. The van der Waals surface area contributed by atoms with Gasteiger partial charge >= 0.3 is 5.97 Å². The standard InChI is InChI=1S/C12H9Cl2NO3/c1-6-10(12(16)17-2)15-11(18-6)8-5-7(13)3-4-9(8)14/h3-5H,1-2H3. The molecule has 0 saturated carbocycles. The molecule has 0 N–H and O–H groups in total. The summed E-state index contributed by atoms with van der Waals surface area (Å²) in [6, 6.07) is 4.91. The number of oxazole rings is 1. The minimum Gasteiger partial charge on any atom is -0.464 e. The van der Waals surface area contributed by atoms with Crippen LogP contribution in [0.15, 0.2) is 22.6 Å². The summed E-state index contributed by atoms with van der Waals surface area (Å²) in [5.74, 6) is 0.0499. The molecule has 0 unspecified atom stereocenters. The molecule has 2 rings (SSSR count). The lowest BCUT2D eigenvalue weighted by atomic mass is 10.2. The van der Waals surface area contributed by atoms with E-state index in [1.54, 1.807) is 25.1 Å². The number of methoxy groups -OCH3 is 1. The van der Waals surface area contributed by atoms with Crippen molar-refractivity contribution >= 4 is 29.2 Å². The fourth-order valence-electron chi connectivity index (χ4n) is 1.46. The van der Waals surface area contributed by atoms with Gasteiger partial charge in [0.25, 0.3) is 0 Å². The van der Waals surface area contributed by atoms with Gasteiger partial charge in [-0.15, -0.1) is 0 Å². The molecule has 0 aliphatic heterocycles. The van der Waals surface area contributed by atoms with E-state index in [4.69, 9.17) is 27.6 Å². The molecule has 0 aliphatic carbocycles. The number of hydrogen-bond acceptors (Lipinski definition) is 4. The average Bonchev–Trinajstić information content (AvgIpc) is 2.73. The van der Waals surface area contributed by atoms with Crippen LogP contribution in [0.4, 0.5) is 0 Å². The van der Waals surface area contributed by atoms with E-state index in [-0.39, 0.29) is 11.6 Å². The van der Waals surface area contributed by atoms with Crippen LogP contribution in [0.5, 0.6) is 0 Å². The highest BCUT2D eigenvalue weighted by Gasteiger charge is 2.19. The lowest BCUT2D eigenvalue weighted by Gasteiger charge is -1.99. The Balaban J connectivity index is 2.52. The first kappa shape index (κ1) is 12.9. The molecule has 0 atom stereocenters. The Labute approximate surface area is 113 Å². The van der Waals surface area contributed by atoms with E-state index in [2.05, 4.69) is 9.72 Å². The molecule has 0 bridgehead atoms. The molecular weight excluding hydrogens is 277 g/mol. The van der Waals surface area contributed by atoms with E-state index in [9.17, 15) is 4.79 Å². The summed E-state index contributed by atoms with van der Waals surface area (Å²) < 4.78 is 10.0. The maximum absolute atomic E-state index is 11.4. The van der Waals surface area contributed by atoms with Gasteiger partial charge in [0.15, 0.2) is 5.69 Å². The smallest absolute Gasteiger partial charge is 0.360 e. The number of benzene rings is 1. The zero-order chi connectivity index (χ0) is 13.3. The number of halogens is 2. The average molecular weight is 286 g/mol. The number of aryl methyl sites for hydroxylation is 1. The monoisotopic (exact) mass is 285 g/mol. The predicted octanol–water partition coefficient (Wildman–Crippen LogP) is 3.74. The Bertz CT molecular complexity index is 607. The van der Waals surface area contributed by atoms with E-state index in [1.165, 1.54) is 7.11 Å². The Morgan fingerprint density at radius 1 is 1.39 bits per heavy atom. The summed E-state index contributed by atoms with van der Waals surface area (Å²) in [6.45, 7) is 1.63. The molecule has 1 heterocycles. The number of carbonyl (C=O) groups is 1. The minimum atomic E-state index is -0.555. The number of hydrogen-bond donors (Lipinski definition) is 0. The predicted molar refractivity (Wildman–Crippen MR) is 68.0 cm³/mol. The van der Waals surface area contributed by atoms with Crippen LogP contribution in [0, 0.1) is 6.92 Å². The lowest BCUT2D eigenvalue weighted by molar-refractivity contribution is 0.0593. The largest absolute Gasteiger partial charge is 0.464 e. The highest BCUT2D eigenvalue weighted by Crippen LogP contribution is 2.31. The van der Waals surface area contributed by atoms with Crippen LogP contribution in [0.2, 0.25) is 10.0 Å². The van der Waals surface area contributed by atoms with Gasteiger partial charge in [-0.2, -0.15) is 0 Å². The first-order valence-corrected chi connectivity index (χ1v) is 5.79. The number of nitrogens with zero attached hydrogens (tertiary/aromatic N) is 1. The Morgan fingerprint density at radius 3 is 2.78 bits per heavy atom. The molecule has 0 fully saturated rings. The number of rotatable bonds is 2. The molecule has 1 aromatic heterocycles. The highest BCUT2D eigenvalue weighted by atomic mass is 35.5. The van der Waals surface area contributed by atoms with Crippen molar-refractivity contribution in [3.8, 4) is 11.5 Å². The second-order valence-corrected chi connectivity index (χ2v) is 4.38. The van der Waals surface area contributed by atoms with Gasteiger partial charge in [-0.1, -0.05) is 23.2 Å². The van der Waals surface area contributed by atoms with Gasteiger partial charge < -0.3 is 9.15 Å². The number of esters is 1. The van der Waals surface area contributed by atoms with Gasteiger partial charge in [0, 0.05) is 5.02 Å². The second-order valence-electron chi connectivity index (χ2n) is 3.54.